The molecule has 0 fully saturated rings. The van der Waals surface area contributed by atoms with Gasteiger partial charge in [-0.3, -0.25) is 60.8 Å². The lowest BCUT2D eigenvalue weighted by Gasteiger charge is -2.22. The second-order valence-corrected chi connectivity index (χ2v) is 24.6. The molecule has 100 heavy (non-hydrogen) atoms. The maximum atomic E-state index is 13.3. The van der Waals surface area contributed by atoms with Gasteiger partial charge in [0.15, 0.2) is 5.78 Å². The molecule has 0 saturated carbocycles. The summed E-state index contributed by atoms with van der Waals surface area (Å²) in [4.78, 5) is 155. The van der Waals surface area contributed by atoms with Crippen molar-refractivity contribution >= 4 is 121 Å². The average Bonchev–Trinajstić information content (AvgIpc) is 1.03. The molecule has 0 radical (unpaired) electrons. The SMILES string of the molecule is CC.CC.CCCCCC(=O)[C@H](CCCCNC(=O)[C@H](C)CC(=O)[C@H](C)NCCCCCn1cc(CCCC(=O)Cc2nnc(NS(=O)[O-])s2)nn1)NC(=O)[C@H](C)NC(=O)[C@H](C)NCCCCCn1cc(CCCC(=O)Cc2nnc(NS(=O)[O-])s2)nn1.O=C=O.O=C=O.O=C=O.O=C=O. The van der Waals surface area contributed by atoms with Crippen molar-refractivity contribution in [3.05, 3.63) is 33.8 Å². The fourth-order valence-corrected chi connectivity index (χ4v) is 11.0. The van der Waals surface area contributed by atoms with Crippen LogP contribution in [0.25, 0.3) is 0 Å². The minimum Gasteiger partial charge on any atom is -0.755 e. The van der Waals surface area contributed by atoms with E-state index in [9.17, 15) is 51.1 Å². The molecule has 4 aromatic rings. The van der Waals surface area contributed by atoms with Crippen molar-refractivity contribution in [1.82, 2.24) is 77.0 Å². The fraction of sp³-hybridized carbons (Fsp3) is 0.683. The van der Waals surface area contributed by atoms with Gasteiger partial charge in [0.2, 0.25) is 28.0 Å². The Kier molecular flexibility index (Phi) is 60.4. The Bertz CT molecular complexity index is 3090. The lowest BCUT2D eigenvalue weighted by molar-refractivity contribution is -0.193. The molecule has 36 nitrogen and oxygen atoms in total. The zero-order chi connectivity index (χ0) is 76.1. The zero-order valence-corrected chi connectivity index (χ0v) is 61.3. The number of rotatable bonds is 48. The van der Waals surface area contributed by atoms with E-state index in [1.54, 1.807) is 37.1 Å². The Hall–Kier alpha value is -8.25. The average molecular weight is 1490 g/mol. The van der Waals surface area contributed by atoms with Crippen LogP contribution < -0.4 is 36.0 Å². The number of aryl methyl sites for hydroxylation is 4. The monoisotopic (exact) mass is 1490 g/mol. The van der Waals surface area contributed by atoms with Crippen molar-refractivity contribution in [2.24, 2.45) is 5.92 Å². The van der Waals surface area contributed by atoms with Crippen LogP contribution in [-0.2, 0) is 133 Å². The molecule has 0 bridgehead atoms. The maximum absolute atomic E-state index is 13.3. The first kappa shape index (κ1) is 95.9. The number of ketones is 4. The van der Waals surface area contributed by atoms with E-state index in [0.29, 0.717) is 113 Å². The highest BCUT2D eigenvalue weighted by atomic mass is 32.2. The number of anilines is 2. The molecule has 2 unspecified atom stereocenters. The van der Waals surface area contributed by atoms with Gasteiger partial charge >= 0.3 is 24.6 Å². The fourth-order valence-electron chi connectivity index (χ4n) is 8.61. The van der Waals surface area contributed by atoms with Crippen LogP contribution in [0.15, 0.2) is 12.4 Å². The van der Waals surface area contributed by atoms with Crippen LogP contribution in [0.2, 0.25) is 0 Å². The Morgan fingerprint density at radius 3 is 1.37 bits per heavy atom. The van der Waals surface area contributed by atoms with E-state index < -0.39 is 58.5 Å². The molecule has 40 heteroatoms. The van der Waals surface area contributed by atoms with Crippen LogP contribution in [0.3, 0.4) is 0 Å². The summed E-state index contributed by atoms with van der Waals surface area (Å²) in [7, 11) is 0. The third-order valence-corrected chi connectivity index (χ3v) is 16.1. The largest absolute Gasteiger partial charge is 0.755 e. The summed E-state index contributed by atoms with van der Waals surface area (Å²) in [5.74, 6) is -1.76. The van der Waals surface area contributed by atoms with Crippen LogP contribution in [0.5, 0.6) is 0 Å². The molecule has 0 saturated heterocycles. The van der Waals surface area contributed by atoms with E-state index in [-0.39, 0.29) is 89.1 Å². The molecule has 7 N–H and O–H groups in total. The van der Waals surface area contributed by atoms with E-state index in [1.807, 2.05) is 47.0 Å². The van der Waals surface area contributed by atoms with Gasteiger partial charge in [-0.25, -0.2) is 0 Å². The molecule has 0 spiro atoms. The summed E-state index contributed by atoms with van der Waals surface area (Å²) < 4.78 is 50.7. The summed E-state index contributed by atoms with van der Waals surface area (Å²) in [5, 5.41) is 48.0. The number of nitrogens with zero attached hydrogens (tertiary/aromatic N) is 10. The highest BCUT2D eigenvalue weighted by molar-refractivity contribution is 7.81. The number of carbonyl (C=O) groups excluding carboxylic acids is 15. The number of carbonyl (C=O) groups is 7. The van der Waals surface area contributed by atoms with E-state index in [2.05, 4.69) is 77.0 Å². The predicted octanol–water partition coefficient (Wildman–Crippen LogP) is 2.99. The Morgan fingerprint density at radius 2 is 0.930 bits per heavy atom. The molecule has 0 aliphatic heterocycles. The molecule has 3 amide bonds. The van der Waals surface area contributed by atoms with Gasteiger partial charge in [-0.2, -0.15) is 38.4 Å². The first-order chi connectivity index (χ1) is 47.9. The van der Waals surface area contributed by atoms with E-state index >= 15 is 0 Å². The van der Waals surface area contributed by atoms with Crippen LogP contribution in [0, 0.1) is 5.92 Å². The molecule has 560 valence electrons. The smallest absolute Gasteiger partial charge is 0.373 e. The number of amides is 3. The maximum Gasteiger partial charge on any atom is 0.373 e. The molecule has 0 aliphatic carbocycles. The number of hydrogen-bond acceptors (Lipinski definition) is 31. The number of hydrogen-bond donors (Lipinski definition) is 7. The zero-order valence-electron chi connectivity index (χ0n) is 58.0. The number of Topliss-reactive ketones (excluding diaryl/α,β-unsaturated/α-hetero) is 4. The summed E-state index contributed by atoms with van der Waals surface area (Å²) in [5.41, 5.74) is 1.56. The summed E-state index contributed by atoms with van der Waals surface area (Å²) >= 11 is -2.98. The summed E-state index contributed by atoms with van der Waals surface area (Å²) in [6, 6.07) is -2.61. The second-order valence-electron chi connectivity index (χ2n) is 21.1. The van der Waals surface area contributed by atoms with Gasteiger partial charge in [0, 0.05) is 86.2 Å². The molecule has 4 rings (SSSR count). The Labute approximate surface area is 594 Å². The summed E-state index contributed by atoms with van der Waals surface area (Å²) in [6.07, 6.45) is 17.4. The van der Waals surface area contributed by atoms with Gasteiger partial charge in [-0.1, -0.05) is 100 Å². The van der Waals surface area contributed by atoms with Gasteiger partial charge in [-0.15, -0.1) is 30.6 Å². The first-order valence-corrected chi connectivity index (χ1v) is 36.3. The Balaban J connectivity index is -0.00000537. The van der Waals surface area contributed by atoms with Crippen molar-refractivity contribution in [2.75, 3.05) is 29.1 Å². The van der Waals surface area contributed by atoms with Crippen LogP contribution in [0.4, 0.5) is 10.3 Å². The molecule has 4 aromatic heterocycles. The third kappa shape index (κ3) is 50.1. The van der Waals surface area contributed by atoms with Gasteiger partial charge in [0.1, 0.15) is 33.4 Å². The first-order valence-electron chi connectivity index (χ1n) is 32.5. The van der Waals surface area contributed by atoms with Crippen LogP contribution >= 0.6 is 22.7 Å². The minimum absolute atomic E-state index is 0.0270. The van der Waals surface area contributed by atoms with E-state index in [1.165, 1.54) is 0 Å². The van der Waals surface area contributed by atoms with E-state index in [0.717, 1.165) is 85.4 Å². The van der Waals surface area contributed by atoms with Crippen molar-refractivity contribution in [3.63, 3.8) is 0 Å². The number of nitrogens with one attached hydrogen (secondary N) is 7. The number of aromatic nitrogens is 10. The standard InChI is InChI=1S/C52H85N17O11S4.2C2H6.4CO2/c1-6-7-10-24-44(72)43(57-50(76)38(5)56-49(75)37(4)54-26-13-9-16-29-69-34-40(59-67-69)20-18-22-42(71)32-47-61-63-52(82-47)65-84(79)80)23-11-14-27-55-48(74)35(2)30-45(73)36(3)53-25-12-8-15-28-68-33-39(58-66-68)19-17-21-41(70)31-46-60-62-51(81-46)64-83(77)78;2*1-2;4*2-1-3/h33-38,43,53-54H,6-32H2,1-5H3,(H,55,74)(H,56,75)(H,57,76)(H,62,64)(H,63,65)(H,77,78)(H,79,80);2*1-2H3;;;;/p-2/t35-,36+,37+,38+,43+;;;;;;/m1....../s1. The second kappa shape index (κ2) is 63.0. The highest BCUT2D eigenvalue weighted by Crippen LogP contribution is 2.19. The number of unbranched alkanes of at least 4 members (excludes halogenated alkanes) is 7. The van der Waals surface area contributed by atoms with E-state index in [4.69, 9.17) is 38.4 Å². The van der Waals surface area contributed by atoms with Crippen molar-refractivity contribution in [1.29, 1.82) is 0 Å². The predicted molar refractivity (Wildman–Crippen MR) is 358 cm³/mol. The van der Waals surface area contributed by atoms with Gasteiger partial charge < -0.3 is 35.7 Å². The topological polar surface area (TPSA) is 533 Å². The molecule has 7 atom stereocenters. The molecule has 0 aliphatic rings. The molecular formula is C60H95N17O19S4-2. The molecular weight excluding hydrogens is 1390 g/mol. The van der Waals surface area contributed by atoms with Crippen molar-refractivity contribution < 1.29 is 89.4 Å². The van der Waals surface area contributed by atoms with Gasteiger partial charge in [0.05, 0.1) is 42.4 Å². The Morgan fingerprint density at radius 1 is 0.500 bits per heavy atom. The normalized spacial score (nSPS) is 12.2. The minimum atomic E-state index is -2.51. The van der Waals surface area contributed by atoms with Crippen LogP contribution in [-0.4, -0.2) is 177 Å². The van der Waals surface area contributed by atoms with Crippen LogP contribution in [0.1, 0.15) is 199 Å². The lowest BCUT2D eigenvalue weighted by Crippen LogP contribution is -2.53. The molecule has 0 aromatic carbocycles. The summed E-state index contributed by atoms with van der Waals surface area (Å²) in [6.45, 7) is 19.8. The van der Waals surface area contributed by atoms with Crippen molar-refractivity contribution in [2.45, 2.75) is 241 Å². The highest BCUT2D eigenvalue weighted by Gasteiger charge is 2.26. The van der Waals surface area contributed by atoms with Crippen molar-refractivity contribution in [3.8, 4) is 0 Å². The lowest BCUT2D eigenvalue weighted by atomic mass is 9.99. The quantitative estimate of drug-likeness (QED) is 0.0247. The third-order valence-electron chi connectivity index (χ3n) is 13.5. The molecule has 4 heterocycles. The van der Waals surface area contributed by atoms with Gasteiger partial charge in [-0.05, 0) is 111 Å². The van der Waals surface area contributed by atoms with Gasteiger partial charge in [0.25, 0.3) is 0 Å².